The maximum Gasteiger partial charge on any atom is 0.222 e. The molecule has 0 saturated carbocycles. The van der Waals surface area contributed by atoms with Crippen molar-refractivity contribution in [3.63, 3.8) is 0 Å². The number of carbonyl (C=O) groups excluding carboxylic acids is 1. The van der Waals surface area contributed by atoms with Crippen LogP contribution in [0.2, 0.25) is 0 Å². The second kappa shape index (κ2) is 14.7. The number of rotatable bonds is 10. The molecule has 1 atom stereocenters. The van der Waals surface area contributed by atoms with Crippen molar-refractivity contribution in [1.82, 2.24) is 16.0 Å². The number of hydrogen-bond donors (Lipinski definition) is 3. The number of hydrogen-bond acceptors (Lipinski definition) is 4. The average molecular weight is 456 g/mol. The van der Waals surface area contributed by atoms with Gasteiger partial charge in [0.05, 0.1) is 12.7 Å². The molecule has 1 unspecified atom stereocenters. The molecule has 8 heteroatoms. The van der Waals surface area contributed by atoms with Gasteiger partial charge in [0.25, 0.3) is 0 Å². The van der Waals surface area contributed by atoms with Gasteiger partial charge in [0.15, 0.2) is 5.96 Å². The summed E-state index contributed by atoms with van der Waals surface area (Å²) in [5.74, 6) is 0.822. The van der Waals surface area contributed by atoms with Crippen LogP contribution in [0.1, 0.15) is 33.1 Å². The van der Waals surface area contributed by atoms with Gasteiger partial charge >= 0.3 is 0 Å². The predicted octanol–water partition coefficient (Wildman–Crippen LogP) is 1.13. The predicted molar refractivity (Wildman–Crippen MR) is 107 cm³/mol. The van der Waals surface area contributed by atoms with Gasteiger partial charge in [-0.1, -0.05) is 13.8 Å². The van der Waals surface area contributed by atoms with Crippen molar-refractivity contribution >= 4 is 35.8 Å². The fourth-order valence-corrected chi connectivity index (χ4v) is 2.16. The third kappa shape index (κ3) is 11.0. The van der Waals surface area contributed by atoms with E-state index >= 15 is 0 Å². The van der Waals surface area contributed by atoms with E-state index in [-0.39, 0.29) is 35.8 Å². The van der Waals surface area contributed by atoms with Crippen LogP contribution in [-0.4, -0.2) is 64.5 Å². The van der Waals surface area contributed by atoms with E-state index in [1.807, 2.05) is 13.8 Å². The lowest BCUT2D eigenvalue weighted by Gasteiger charge is -2.13. The van der Waals surface area contributed by atoms with Crippen LogP contribution in [0.25, 0.3) is 0 Å². The molecule has 24 heavy (non-hydrogen) atoms. The summed E-state index contributed by atoms with van der Waals surface area (Å²) in [6, 6.07) is 0. The number of aliphatic imine (C=N–C) groups is 1. The molecule has 1 aliphatic heterocycles. The number of carbonyl (C=O) groups is 1. The Morgan fingerprint density at radius 3 is 2.58 bits per heavy atom. The molecule has 7 nitrogen and oxygen atoms in total. The SMILES string of the molecule is CN=C(NCCCOCC1CCCO1)NCCNC(=O)C(C)C.I. The Labute approximate surface area is 162 Å². The van der Waals surface area contributed by atoms with Crippen molar-refractivity contribution in [2.75, 3.05) is 46.5 Å². The zero-order valence-electron chi connectivity index (χ0n) is 15.1. The highest BCUT2D eigenvalue weighted by Gasteiger charge is 2.14. The van der Waals surface area contributed by atoms with E-state index in [1.54, 1.807) is 7.05 Å². The summed E-state index contributed by atoms with van der Waals surface area (Å²) in [6.07, 6.45) is 3.47. The number of guanidine groups is 1. The Bertz CT molecular complexity index is 361. The molecular formula is C16H33IN4O3. The summed E-state index contributed by atoms with van der Waals surface area (Å²) < 4.78 is 11.1. The third-order valence-electron chi connectivity index (χ3n) is 3.55. The molecular weight excluding hydrogens is 423 g/mol. The van der Waals surface area contributed by atoms with E-state index in [0.717, 1.165) is 38.4 Å². The van der Waals surface area contributed by atoms with Gasteiger partial charge in [-0.2, -0.15) is 0 Å². The molecule has 142 valence electrons. The van der Waals surface area contributed by atoms with E-state index in [2.05, 4.69) is 20.9 Å². The van der Waals surface area contributed by atoms with Gasteiger partial charge in [0.2, 0.25) is 5.91 Å². The highest BCUT2D eigenvalue weighted by atomic mass is 127. The lowest BCUT2D eigenvalue weighted by molar-refractivity contribution is -0.123. The van der Waals surface area contributed by atoms with E-state index in [1.165, 1.54) is 0 Å². The van der Waals surface area contributed by atoms with Gasteiger partial charge in [-0.25, -0.2) is 0 Å². The molecule has 0 aromatic heterocycles. The topological polar surface area (TPSA) is 84.0 Å². The Morgan fingerprint density at radius 1 is 1.25 bits per heavy atom. The van der Waals surface area contributed by atoms with Crippen LogP contribution in [0.15, 0.2) is 4.99 Å². The monoisotopic (exact) mass is 456 g/mol. The van der Waals surface area contributed by atoms with Crippen molar-refractivity contribution in [2.45, 2.75) is 39.2 Å². The Hall–Kier alpha value is -0.610. The maximum absolute atomic E-state index is 11.4. The van der Waals surface area contributed by atoms with Gasteiger partial charge in [-0.15, -0.1) is 24.0 Å². The number of nitrogens with zero attached hydrogens (tertiary/aromatic N) is 1. The van der Waals surface area contributed by atoms with Crippen molar-refractivity contribution in [2.24, 2.45) is 10.9 Å². The van der Waals surface area contributed by atoms with Gasteiger partial charge in [-0.05, 0) is 19.3 Å². The largest absolute Gasteiger partial charge is 0.379 e. The lowest BCUT2D eigenvalue weighted by Crippen LogP contribution is -2.42. The number of amides is 1. The quantitative estimate of drug-likeness (QED) is 0.199. The van der Waals surface area contributed by atoms with Gasteiger partial charge in [0.1, 0.15) is 0 Å². The standard InChI is InChI=1S/C16H32N4O3.HI/c1-13(2)15(21)18-8-9-20-16(17-3)19-7-5-10-22-12-14-6-4-11-23-14;/h13-14H,4-12H2,1-3H3,(H,18,21)(H2,17,19,20);1H. The second-order valence-corrected chi connectivity index (χ2v) is 5.93. The van der Waals surface area contributed by atoms with E-state index < -0.39 is 0 Å². The highest BCUT2D eigenvalue weighted by molar-refractivity contribution is 14.0. The highest BCUT2D eigenvalue weighted by Crippen LogP contribution is 2.11. The average Bonchev–Trinajstić information content (AvgIpc) is 3.05. The Balaban J connectivity index is 0.00000529. The Morgan fingerprint density at radius 2 is 1.96 bits per heavy atom. The normalized spacial score (nSPS) is 17.5. The van der Waals surface area contributed by atoms with Crippen molar-refractivity contribution in [3.05, 3.63) is 0 Å². The zero-order chi connectivity index (χ0) is 16.9. The van der Waals surface area contributed by atoms with Crippen LogP contribution in [0, 0.1) is 5.92 Å². The first kappa shape index (κ1) is 23.4. The fourth-order valence-electron chi connectivity index (χ4n) is 2.16. The number of nitrogens with one attached hydrogen (secondary N) is 3. The summed E-state index contributed by atoms with van der Waals surface area (Å²) in [4.78, 5) is 15.6. The van der Waals surface area contributed by atoms with E-state index in [0.29, 0.717) is 32.4 Å². The molecule has 1 saturated heterocycles. The van der Waals surface area contributed by atoms with Crippen LogP contribution in [-0.2, 0) is 14.3 Å². The molecule has 1 fully saturated rings. The Kier molecular flexibility index (Phi) is 14.3. The third-order valence-corrected chi connectivity index (χ3v) is 3.55. The first-order valence-electron chi connectivity index (χ1n) is 8.55. The van der Waals surface area contributed by atoms with Crippen LogP contribution in [0.4, 0.5) is 0 Å². The first-order valence-corrected chi connectivity index (χ1v) is 8.55. The molecule has 3 N–H and O–H groups in total. The molecule has 0 aliphatic carbocycles. The first-order chi connectivity index (χ1) is 11.1. The lowest BCUT2D eigenvalue weighted by atomic mass is 10.2. The minimum Gasteiger partial charge on any atom is -0.379 e. The van der Waals surface area contributed by atoms with Gasteiger partial charge in [0, 0.05) is 45.8 Å². The van der Waals surface area contributed by atoms with E-state index in [4.69, 9.17) is 9.47 Å². The molecule has 0 aromatic rings. The molecule has 0 bridgehead atoms. The summed E-state index contributed by atoms with van der Waals surface area (Å²) in [5.41, 5.74) is 0. The van der Waals surface area contributed by atoms with E-state index in [9.17, 15) is 4.79 Å². The fraction of sp³-hybridized carbons (Fsp3) is 0.875. The molecule has 0 radical (unpaired) electrons. The van der Waals surface area contributed by atoms with Crippen LogP contribution < -0.4 is 16.0 Å². The number of halogens is 1. The molecule has 1 amide bonds. The smallest absolute Gasteiger partial charge is 0.222 e. The van der Waals surface area contributed by atoms with Gasteiger partial charge in [-0.3, -0.25) is 9.79 Å². The maximum atomic E-state index is 11.4. The van der Waals surface area contributed by atoms with Crippen molar-refractivity contribution in [3.8, 4) is 0 Å². The van der Waals surface area contributed by atoms with Crippen molar-refractivity contribution in [1.29, 1.82) is 0 Å². The second-order valence-electron chi connectivity index (χ2n) is 5.93. The van der Waals surface area contributed by atoms with Crippen molar-refractivity contribution < 1.29 is 14.3 Å². The van der Waals surface area contributed by atoms with Gasteiger partial charge < -0.3 is 25.4 Å². The minimum absolute atomic E-state index is 0. The summed E-state index contributed by atoms with van der Waals surface area (Å²) in [7, 11) is 1.73. The summed E-state index contributed by atoms with van der Waals surface area (Å²) >= 11 is 0. The molecule has 1 aliphatic rings. The van der Waals surface area contributed by atoms with Crippen LogP contribution in [0.5, 0.6) is 0 Å². The molecule has 1 rings (SSSR count). The molecule has 0 aromatic carbocycles. The zero-order valence-corrected chi connectivity index (χ0v) is 17.4. The van der Waals surface area contributed by atoms with Crippen LogP contribution in [0.3, 0.4) is 0 Å². The van der Waals surface area contributed by atoms with Crippen LogP contribution >= 0.6 is 24.0 Å². The molecule has 0 spiro atoms. The minimum atomic E-state index is 0. The summed E-state index contributed by atoms with van der Waals surface area (Å²) in [6.45, 7) is 8.07. The number of ether oxygens (including phenoxy) is 2. The summed E-state index contributed by atoms with van der Waals surface area (Å²) in [5, 5.41) is 9.24. The molecule has 1 heterocycles.